The number of rotatable bonds is 34. The molecule has 5 aliphatic carbocycles. The summed E-state index contributed by atoms with van der Waals surface area (Å²) >= 11 is 0. The fraction of sp³-hybridized carbons (Fsp3) is 0.592. The van der Waals surface area contributed by atoms with Crippen molar-refractivity contribution in [1.29, 1.82) is 11.1 Å². The zero-order valence-electron chi connectivity index (χ0n) is 79.2. The summed E-state index contributed by atoms with van der Waals surface area (Å²) in [5.41, 5.74) is 20.2. The summed E-state index contributed by atoms with van der Waals surface area (Å²) in [6.07, 6.45) is 27.4. The molecule has 1 heterocycles. The molecule has 131 heavy (non-hydrogen) atoms. The van der Waals surface area contributed by atoms with Gasteiger partial charge in [0, 0.05) is 108 Å². The quantitative estimate of drug-likeness (QED) is 0.00595. The van der Waals surface area contributed by atoms with Gasteiger partial charge in [0.25, 0.3) is 10.1 Å². The summed E-state index contributed by atoms with van der Waals surface area (Å²) in [4.78, 5) is 68.9. The summed E-state index contributed by atoms with van der Waals surface area (Å²) in [5, 5.41) is 56.5. The Hall–Kier alpha value is -9.07. The number of nitrogens with one attached hydrogen (secondary N) is 2. The number of phenolic OH excluding ortho intramolecular Hbond substituents is 1. The maximum Gasteiger partial charge on any atom is 0.302 e. The van der Waals surface area contributed by atoms with Gasteiger partial charge in [-0.1, -0.05) is 157 Å². The molecule has 6 aliphatic rings. The van der Waals surface area contributed by atoms with Gasteiger partial charge in [0.1, 0.15) is 47.1 Å². The van der Waals surface area contributed by atoms with Gasteiger partial charge in [-0.2, -0.15) is 8.42 Å². The summed E-state index contributed by atoms with van der Waals surface area (Å²) in [5.74, 6) is 3.65. The number of hydrogen-bond acceptors (Lipinski definition) is 26. The number of ether oxygens (including phenoxy) is 8. The average molecular weight is 1850 g/mol. The smallest absolute Gasteiger partial charge is 0.302 e. The molecule has 12 rings (SSSR count). The summed E-state index contributed by atoms with van der Waals surface area (Å²) in [6.45, 7) is 20.8. The van der Waals surface area contributed by atoms with Gasteiger partial charge < -0.3 is 79.7 Å². The maximum atomic E-state index is 12.0. The van der Waals surface area contributed by atoms with E-state index in [0.717, 1.165) is 201 Å². The molecule has 1 aliphatic heterocycles. The highest BCUT2D eigenvalue weighted by Gasteiger charge is 2.33. The Morgan fingerprint density at radius 3 is 1.09 bits per heavy atom. The van der Waals surface area contributed by atoms with E-state index in [4.69, 9.17) is 69.1 Å². The molecule has 12 N–H and O–H groups in total. The van der Waals surface area contributed by atoms with E-state index in [2.05, 4.69) is 6.92 Å². The largest absolute Gasteiger partial charge is 0.508 e. The number of esters is 3. The SMILES string of the molecule is C1CCOC1.CC(=O)O[C@@H]1CCCC[C@H]1COc1cccc([C@H](O)CCN)c1.CCCC(=O)c1cccc(O)c1.CCCC(=O)c1cccc(OC[C@@H]2CCCC[C@H]2O)c1.CCCC(=O)c1cccc(OC[C@@H]2CCCC[C@H]2OC(C)=O)c1.CCC[C@@H](O)c1cccc(OC[C@@H]2CCCC[C@H]2OC(C)=O)c1.CCO.Cc1ccc(S(=O)(=O)OC[C@@H]2CCCC[C@H]2O)cc1.N=N.O.[HH]. The van der Waals surface area contributed by atoms with E-state index in [1.807, 2.05) is 125 Å². The van der Waals surface area contributed by atoms with Crippen molar-refractivity contribution in [2.24, 2.45) is 35.3 Å². The van der Waals surface area contributed by atoms with Gasteiger partial charge in [-0.25, -0.2) is 11.1 Å². The first-order chi connectivity index (χ1) is 62.6. The molecule has 28 heteroatoms. The highest BCUT2D eigenvalue weighted by Crippen LogP contribution is 2.35. The van der Waals surface area contributed by atoms with E-state index in [1.165, 1.54) is 46.1 Å². The van der Waals surface area contributed by atoms with Crippen LogP contribution in [0.25, 0.3) is 0 Å². The molecule has 0 bridgehead atoms. The van der Waals surface area contributed by atoms with Gasteiger partial charge in [0.2, 0.25) is 0 Å². The predicted octanol–water partition coefficient (Wildman–Crippen LogP) is 19.8. The number of carbonyl (C=O) groups is 6. The Balaban J connectivity index is 0.000000527. The van der Waals surface area contributed by atoms with Crippen LogP contribution in [0.4, 0.5) is 0 Å². The van der Waals surface area contributed by atoms with Crippen molar-refractivity contribution in [1.82, 2.24) is 0 Å². The van der Waals surface area contributed by atoms with E-state index in [9.17, 15) is 57.6 Å². The van der Waals surface area contributed by atoms with E-state index in [1.54, 1.807) is 49.4 Å². The molecular weight excluding hydrogens is 1700 g/mol. The molecule has 6 fully saturated rings. The van der Waals surface area contributed by atoms with Gasteiger partial charge in [-0.3, -0.25) is 33.0 Å². The van der Waals surface area contributed by atoms with Crippen LogP contribution in [0, 0.1) is 47.6 Å². The summed E-state index contributed by atoms with van der Waals surface area (Å²) in [7, 11) is -3.71. The van der Waals surface area contributed by atoms with E-state index >= 15 is 0 Å². The molecule has 0 aromatic heterocycles. The normalized spacial score (nSPS) is 20.5. The van der Waals surface area contributed by atoms with Crippen LogP contribution < -0.4 is 24.7 Å². The Morgan fingerprint density at radius 2 is 0.756 bits per heavy atom. The third-order valence-electron chi connectivity index (χ3n) is 23.0. The third-order valence-corrected chi connectivity index (χ3v) is 24.3. The number of hydrogen-bond donors (Lipinski definition) is 9. The minimum Gasteiger partial charge on any atom is -0.508 e. The number of phenols is 1. The number of carbonyl (C=O) groups excluding carboxylic acids is 6. The molecule has 5 saturated carbocycles. The van der Waals surface area contributed by atoms with Crippen LogP contribution in [-0.2, 0) is 47.6 Å². The second kappa shape index (κ2) is 68.0. The Morgan fingerprint density at radius 1 is 0.435 bits per heavy atom. The second-order valence-electron chi connectivity index (χ2n) is 33.9. The van der Waals surface area contributed by atoms with Gasteiger partial charge in [-0.05, 0) is 233 Å². The fourth-order valence-corrected chi connectivity index (χ4v) is 16.9. The number of aliphatic hydroxyl groups is 5. The number of ketones is 3. The van der Waals surface area contributed by atoms with Crippen molar-refractivity contribution in [2.75, 3.05) is 59.4 Å². The lowest BCUT2D eigenvalue weighted by Crippen LogP contribution is -2.33. The minimum atomic E-state index is -3.71. The number of aliphatic hydroxyl groups excluding tert-OH is 5. The van der Waals surface area contributed by atoms with E-state index < -0.39 is 28.4 Å². The van der Waals surface area contributed by atoms with Gasteiger partial charge in [0.15, 0.2) is 17.3 Å². The predicted molar refractivity (Wildman–Crippen MR) is 509 cm³/mol. The van der Waals surface area contributed by atoms with Crippen LogP contribution in [0.5, 0.6) is 28.7 Å². The van der Waals surface area contributed by atoms with Crippen molar-refractivity contribution in [3.63, 3.8) is 0 Å². The standard InChI is InChI=1S/C19H28O4.C19H26O4.C18H27NO4.C17H24O3.C14H20O4S.C10H12O2.C4H8O.C2H6O.H2N2.H2O.H2/c2*1-3-7-18(21)15-9-6-10-17(12-15)22-13-16-8-4-5-11-19(16)23-14(2)20;1-13(20)23-18-8-3-2-5-15(18)12-22-16-7-4-6-14(11-16)17(21)9-10-19;1-2-6-16(18)13-8-5-9-15(11-13)20-12-14-7-3-4-10-17(14)19;1-11-6-8-13(9-7-11)19(16,17)18-10-12-4-2-3-5-14(12)15;1-2-4-10(12)8-5-3-6-9(11)7-8;1-2-4-5-3-1;1-2-3;1-2;;/h6,9-10,12,16,18-19,21H,3-5,7-8,11,13H2,1-2H3;6,9-10,12,16,19H,3-5,7-8,11,13H2,1-2H3;4,6-7,11,15,17-18,21H,2-3,5,8-10,12,19H2,1H3;5,8-9,11,14,17,19H,2-4,6-7,10,12H2,1H3;6-9,12,14-15H,2-5,10H2,1H3;3,5-7,11H,2,4H2,1H3;1-4H2;3H,2H2,1H3;1-2H;1H2;1H/t16-,18+,19+;16-,19+;15-,17+,18+;14-,17+;12-,14+;;;;;;/m00000....../s1. The topological polar surface area (TPSA) is 446 Å². The molecule has 734 valence electrons. The lowest BCUT2D eigenvalue weighted by molar-refractivity contribution is -0.152. The van der Waals surface area contributed by atoms with Crippen molar-refractivity contribution < 1.29 is 117 Å². The molecule has 0 spiro atoms. The van der Waals surface area contributed by atoms with Crippen LogP contribution in [0.1, 0.15) is 316 Å². The van der Waals surface area contributed by atoms with E-state index in [0.29, 0.717) is 81.1 Å². The van der Waals surface area contributed by atoms with Gasteiger partial charge in [0.05, 0.1) is 62.3 Å². The first-order valence-corrected chi connectivity index (χ1v) is 48.7. The van der Waals surface area contributed by atoms with Crippen molar-refractivity contribution >= 4 is 45.4 Å². The van der Waals surface area contributed by atoms with Crippen LogP contribution in [0.2, 0.25) is 0 Å². The summed E-state index contributed by atoms with van der Waals surface area (Å²) < 4.78 is 73.7. The highest BCUT2D eigenvalue weighted by atomic mass is 32.2. The van der Waals surface area contributed by atoms with Crippen molar-refractivity contribution in [3.05, 3.63) is 179 Å². The molecule has 1 saturated heterocycles. The average Bonchev–Trinajstić information content (AvgIpc) is 0.942. The minimum absolute atomic E-state index is 0. The van der Waals surface area contributed by atoms with Crippen LogP contribution in [-0.4, -0.2) is 170 Å². The second-order valence-corrected chi connectivity index (χ2v) is 35.5. The number of nitrogens with two attached hydrogens (primary N) is 1. The van der Waals surface area contributed by atoms with Gasteiger partial charge >= 0.3 is 17.9 Å². The fourth-order valence-electron chi connectivity index (χ4n) is 15.9. The molecule has 0 amide bonds. The highest BCUT2D eigenvalue weighted by molar-refractivity contribution is 7.86. The first-order valence-electron chi connectivity index (χ1n) is 47.3. The lowest BCUT2D eigenvalue weighted by atomic mass is 9.87. The Labute approximate surface area is 780 Å². The molecule has 0 radical (unpaired) electrons. The third kappa shape index (κ3) is 47.4. The van der Waals surface area contributed by atoms with E-state index in [-0.39, 0.29) is 120 Å². The van der Waals surface area contributed by atoms with Crippen LogP contribution >= 0.6 is 0 Å². The number of Topliss-reactive ketones (excluding diaryl/α,β-unsaturated/α-hetero) is 3. The first kappa shape index (κ1) is 116. The molecular formula is C103H157N3O24S. The molecule has 6 aromatic rings. The molecule has 6 aromatic carbocycles. The van der Waals surface area contributed by atoms with Gasteiger partial charge in [-0.15, -0.1) is 0 Å². The maximum absolute atomic E-state index is 12.0. The Bertz CT molecular complexity index is 4170. The van der Waals surface area contributed by atoms with Crippen molar-refractivity contribution in [3.8, 4) is 28.7 Å². The number of aromatic hydroxyl groups is 1. The lowest BCUT2D eigenvalue weighted by Gasteiger charge is -2.30. The molecule has 12 atom stereocenters. The molecule has 0 unspecified atom stereocenters. The zero-order chi connectivity index (χ0) is 95.4. The molecule has 27 nitrogen and oxygen atoms in total. The summed E-state index contributed by atoms with van der Waals surface area (Å²) in [6, 6.07) is 42.9. The number of aryl methyl sites for hydroxylation is 1. The monoisotopic (exact) mass is 1850 g/mol. The van der Waals surface area contributed by atoms with Crippen LogP contribution in [0.15, 0.2) is 150 Å². The Kier molecular flexibility index (Phi) is 60.3. The van der Waals surface area contributed by atoms with Crippen LogP contribution in [0.3, 0.4) is 0 Å². The zero-order valence-corrected chi connectivity index (χ0v) is 80.0. The number of benzene rings is 6. The van der Waals surface area contributed by atoms with Crippen molar-refractivity contribution in [2.45, 2.75) is 309 Å².